The van der Waals surface area contributed by atoms with Crippen LogP contribution in [0.25, 0.3) is 66.6 Å². The van der Waals surface area contributed by atoms with Crippen LogP contribution < -0.4 is 19.8 Å². The molecule has 2 aromatic heterocycles. The number of aromatic nitrogens is 1. The second kappa shape index (κ2) is 11.8. The molecule has 0 unspecified atom stereocenters. The molecule has 0 radical (unpaired) electrons. The van der Waals surface area contributed by atoms with E-state index in [2.05, 4.69) is 71.6 Å². The Labute approximate surface area is 309 Å². The number of anilines is 3. The Kier molecular flexibility index (Phi) is 6.60. The first-order chi connectivity index (χ1) is 26.6. The third-order valence-electron chi connectivity index (χ3n) is 10.3. The molecule has 0 N–H and O–H groups in total. The average Bonchev–Trinajstić information content (AvgIpc) is 3.23. The minimum Gasteiger partial charge on any atom is -0.456 e. The topological polar surface area (TPSA) is 64.8 Å². The second-order valence-electron chi connectivity index (χ2n) is 13.5. The molecule has 9 aromatic rings. The molecule has 254 valence electrons. The lowest BCUT2D eigenvalue weighted by Crippen LogP contribution is -2.20. The number of benzene rings is 7. The van der Waals surface area contributed by atoms with Gasteiger partial charge < -0.3 is 13.9 Å². The van der Waals surface area contributed by atoms with E-state index >= 15 is 0 Å². The Morgan fingerprint density at radius 1 is 0.426 bits per heavy atom. The third kappa shape index (κ3) is 4.81. The van der Waals surface area contributed by atoms with Crippen LogP contribution >= 0.6 is 0 Å². The summed E-state index contributed by atoms with van der Waals surface area (Å²) in [7, 11) is 0. The maximum absolute atomic E-state index is 13.6. The zero-order chi connectivity index (χ0) is 35.8. The Hall–Kier alpha value is -7.44. The quantitative estimate of drug-likeness (QED) is 0.171. The van der Waals surface area contributed by atoms with Gasteiger partial charge in [-0.1, -0.05) is 72.8 Å². The van der Waals surface area contributed by atoms with E-state index in [-0.39, 0.29) is 5.43 Å². The largest absolute Gasteiger partial charge is 0.456 e. The minimum absolute atomic E-state index is 0.0508. The first-order valence-electron chi connectivity index (χ1n) is 17.8. The smallest absolute Gasteiger partial charge is 0.200 e. The summed E-state index contributed by atoms with van der Waals surface area (Å²) < 4.78 is 19.4. The summed E-state index contributed by atoms with van der Waals surface area (Å²) in [4.78, 5) is 20.6. The number of hydrogen-bond acceptors (Lipinski definition) is 6. The molecule has 2 aliphatic heterocycles. The van der Waals surface area contributed by atoms with Gasteiger partial charge in [-0.05, 0) is 124 Å². The molecule has 6 nitrogen and oxygen atoms in total. The van der Waals surface area contributed by atoms with E-state index in [1.807, 2.05) is 97.1 Å². The predicted octanol–water partition coefficient (Wildman–Crippen LogP) is 12.7. The van der Waals surface area contributed by atoms with Crippen LogP contribution in [-0.4, -0.2) is 4.98 Å². The van der Waals surface area contributed by atoms with Crippen LogP contribution in [0.15, 0.2) is 179 Å². The van der Waals surface area contributed by atoms with Gasteiger partial charge in [0.15, 0.2) is 23.0 Å². The molecule has 11 rings (SSSR count). The lowest BCUT2D eigenvalue weighted by atomic mass is 9.93. The molecule has 2 aliphatic rings. The van der Waals surface area contributed by atoms with Crippen molar-refractivity contribution in [1.82, 2.24) is 4.98 Å². The summed E-state index contributed by atoms with van der Waals surface area (Å²) in [6, 6.07) is 54.4. The van der Waals surface area contributed by atoms with Crippen LogP contribution in [0.2, 0.25) is 0 Å². The van der Waals surface area contributed by atoms with Crippen LogP contribution in [0.3, 0.4) is 0 Å². The summed E-state index contributed by atoms with van der Waals surface area (Å²) in [6.45, 7) is 0. The SMILES string of the molecule is O=c1c2ccccc2oc2ccc(-c3cc(-c4ccc5c(c4)Oc4cc(-c6ccccc6)cc6c4N5c4ccccc4O6)cc(-c4ccccn4)c3)cc12. The van der Waals surface area contributed by atoms with Gasteiger partial charge in [0, 0.05) is 11.8 Å². The molecule has 0 bridgehead atoms. The minimum atomic E-state index is -0.0508. The van der Waals surface area contributed by atoms with Crippen LogP contribution in [-0.2, 0) is 0 Å². The van der Waals surface area contributed by atoms with E-state index < -0.39 is 0 Å². The van der Waals surface area contributed by atoms with E-state index in [4.69, 9.17) is 18.9 Å². The normalized spacial score (nSPS) is 12.4. The standard InChI is InChI=1S/C48H28N2O4/c51-48-36-12-4-6-15-41(36)52-42-20-18-30(25-37(42)48)32-22-33(24-35(23-32)38-13-8-9-21-49-38)31-17-19-40-44(26-31)54-46-28-34(29-10-2-1-3-11-29)27-45-47(46)50(40)39-14-5-7-16-43(39)53-45/h1-28H. The molecule has 0 amide bonds. The van der Waals surface area contributed by atoms with Gasteiger partial charge in [0.05, 0.1) is 27.8 Å². The maximum Gasteiger partial charge on any atom is 0.200 e. The monoisotopic (exact) mass is 696 g/mol. The van der Waals surface area contributed by atoms with Gasteiger partial charge in [-0.3, -0.25) is 14.7 Å². The summed E-state index contributed by atoms with van der Waals surface area (Å²) in [6.07, 6.45) is 1.80. The van der Waals surface area contributed by atoms with Crippen LogP contribution in [0.4, 0.5) is 17.1 Å². The number of para-hydroxylation sites is 3. The highest BCUT2D eigenvalue weighted by atomic mass is 16.5. The Balaban J connectivity index is 1.08. The van der Waals surface area contributed by atoms with Crippen molar-refractivity contribution in [2.24, 2.45) is 0 Å². The summed E-state index contributed by atoms with van der Waals surface area (Å²) >= 11 is 0. The zero-order valence-electron chi connectivity index (χ0n) is 28.7. The second-order valence-corrected chi connectivity index (χ2v) is 13.5. The van der Waals surface area contributed by atoms with Gasteiger partial charge >= 0.3 is 0 Å². The molecule has 0 saturated heterocycles. The van der Waals surface area contributed by atoms with E-state index in [9.17, 15) is 4.79 Å². The fourth-order valence-electron chi connectivity index (χ4n) is 7.68. The van der Waals surface area contributed by atoms with Crippen molar-refractivity contribution in [2.45, 2.75) is 0 Å². The molecular formula is C48H28N2O4. The van der Waals surface area contributed by atoms with E-state index in [1.54, 1.807) is 6.20 Å². The van der Waals surface area contributed by atoms with E-state index in [1.165, 1.54) is 0 Å². The Morgan fingerprint density at radius 2 is 1.06 bits per heavy atom. The highest BCUT2D eigenvalue weighted by Gasteiger charge is 2.35. The van der Waals surface area contributed by atoms with Crippen molar-refractivity contribution in [3.63, 3.8) is 0 Å². The van der Waals surface area contributed by atoms with Gasteiger partial charge in [0.2, 0.25) is 5.43 Å². The molecule has 0 spiro atoms. The average molecular weight is 697 g/mol. The number of fused-ring (bicyclic) bond motifs is 6. The lowest BCUT2D eigenvalue weighted by molar-refractivity contribution is 0.446. The number of nitrogens with zero attached hydrogens (tertiary/aromatic N) is 2. The highest BCUT2D eigenvalue weighted by molar-refractivity contribution is 5.97. The van der Waals surface area contributed by atoms with Gasteiger partial charge in [0.25, 0.3) is 0 Å². The molecule has 6 heteroatoms. The number of hydrogen-bond donors (Lipinski definition) is 0. The molecule has 54 heavy (non-hydrogen) atoms. The molecule has 7 aromatic carbocycles. The third-order valence-corrected chi connectivity index (χ3v) is 10.3. The molecule has 0 saturated carbocycles. The van der Waals surface area contributed by atoms with Crippen molar-refractivity contribution in [1.29, 1.82) is 0 Å². The summed E-state index contributed by atoms with van der Waals surface area (Å²) in [5, 5.41) is 1.10. The molecule has 4 heterocycles. The predicted molar refractivity (Wildman–Crippen MR) is 214 cm³/mol. The zero-order valence-corrected chi connectivity index (χ0v) is 28.7. The van der Waals surface area contributed by atoms with E-state index in [0.717, 1.165) is 84.7 Å². The van der Waals surface area contributed by atoms with Gasteiger partial charge in [-0.15, -0.1) is 0 Å². The summed E-state index contributed by atoms with van der Waals surface area (Å²) in [5.41, 5.74) is 11.5. The summed E-state index contributed by atoms with van der Waals surface area (Å²) in [5.74, 6) is 2.97. The first kappa shape index (κ1) is 30.2. The van der Waals surface area contributed by atoms with Gasteiger partial charge in [-0.2, -0.15) is 0 Å². The Bertz CT molecular complexity index is 3030. The van der Waals surface area contributed by atoms with Gasteiger partial charge in [0.1, 0.15) is 16.9 Å². The van der Waals surface area contributed by atoms with Crippen molar-refractivity contribution in [3.05, 3.63) is 180 Å². The first-order valence-corrected chi connectivity index (χ1v) is 17.8. The number of ether oxygens (including phenoxy) is 2. The molecule has 0 atom stereocenters. The maximum atomic E-state index is 13.6. The van der Waals surface area contributed by atoms with Crippen molar-refractivity contribution >= 4 is 39.0 Å². The van der Waals surface area contributed by atoms with Crippen molar-refractivity contribution < 1.29 is 13.9 Å². The van der Waals surface area contributed by atoms with Crippen LogP contribution in [0.5, 0.6) is 23.0 Å². The Morgan fingerprint density at radius 3 is 1.89 bits per heavy atom. The van der Waals surface area contributed by atoms with E-state index in [0.29, 0.717) is 21.9 Å². The fraction of sp³-hybridized carbons (Fsp3) is 0. The number of pyridine rings is 1. The van der Waals surface area contributed by atoms with Crippen LogP contribution in [0, 0.1) is 0 Å². The van der Waals surface area contributed by atoms with Crippen molar-refractivity contribution in [3.8, 4) is 67.6 Å². The van der Waals surface area contributed by atoms with Crippen LogP contribution in [0.1, 0.15) is 0 Å². The van der Waals surface area contributed by atoms with Crippen molar-refractivity contribution in [2.75, 3.05) is 4.90 Å². The molecule has 0 fully saturated rings. The van der Waals surface area contributed by atoms with Gasteiger partial charge in [-0.25, -0.2) is 0 Å². The highest BCUT2D eigenvalue weighted by Crippen LogP contribution is 2.60. The lowest BCUT2D eigenvalue weighted by Gasteiger charge is -2.38. The molecule has 0 aliphatic carbocycles. The fourth-order valence-corrected chi connectivity index (χ4v) is 7.68. The number of rotatable bonds is 4. The molecular weight excluding hydrogens is 669 g/mol.